The molecule has 4 nitrogen and oxygen atoms in total. The predicted octanol–water partition coefficient (Wildman–Crippen LogP) is 8.89. The third-order valence-corrected chi connectivity index (χ3v) is 10.6. The number of Topliss-reactive ketones (excluding diaryl/α,β-unsaturated/α-hetero) is 1. The van der Waals surface area contributed by atoms with Gasteiger partial charge in [-0.05, 0) is 85.9 Å². The fraction of sp³-hybridized carbons (Fsp3) is 0.914. The molecule has 2 unspecified atom stereocenters. The van der Waals surface area contributed by atoms with Crippen molar-refractivity contribution in [2.45, 2.75) is 153 Å². The second kappa shape index (κ2) is 13.4. The normalized spacial score (nSPS) is 32.4. The Hall–Kier alpha value is -0.870. The van der Waals surface area contributed by atoms with Gasteiger partial charge in [0.2, 0.25) is 0 Å². The summed E-state index contributed by atoms with van der Waals surface area (Å²) in [5.74, 6) is 1.80. The standard InChI is InChI=1S/C35H64O4/c1-22(2)13-12-19-33(11)27(16-14-23(3)4)21-34(20-18-25(7)8)30(37)28(17-15-24(5)6)31(38)35(33,32(34)39)29(36)26(9)10/h22-27,29,32,36-37,39H,12-21H2,1-11H3/t27-,29?,32?,33+,34+,35-/m0/s1. The van der Waals surface area contributed by atoms with E-state index in [0.29, 0.717) is 48.5 Å². The third-order valence-electron chi connectivity index (χ3n) is 10.6. The van der Waals surface area contributed by atoms with E-state index < -0.39 is 28.5 Å². The molecular weight excluding hydrogens is 484 g/mol. The second-order valence-electron chi connectivity index (χ2n) is 15.7. The Labute approximate surface area is 241 Å². The zero-order chi connectivity index (χ0) is 29.9. The highest BCUT2D eigenvalue weighted by Crippen LogP contribution is 2.70. The first kappa shape index (κ1) is 34.3. The average molecular weight is 549 g/mol. The highest BCUT2D eigenvalue weighted by atomic mass is 16.3. The molecule has 6 atom stereocenters. The summed E-state index contributed by atoms with van der Waals surface area (Å²) in [6.45, 7) is 23.8. The van der Waals surface area contributed by atoms with Crippen molar-refractivity contribution in [3.63, 3.8) is 0 Å². The van der Waals surface area contributed by atoms with E-state index in [1.807, 2.05) is 13.8 Å². The molecule has 0 aromatic heterocycles. The number of aliphatic hydroxyl groups is 3. The Morgan fingerprint density at radius 2 is 1.36 bits per heavy atom. The lowest BCUT2D eigenvalue weighted by Crippen LogP contribution is -2.74. The fourth-order valence-corrected chi connectivity index (χ4v) is 8.10. The van der Waals surface area contributed by atoms with Gasteiger partial charge < -0.3 is 15.3 Å². The molecule has 1 saturated carbocycles. The number of hydrogen-bond donors (Lipinski definition) is 3. The number of aliphatic hydroxyl groups excluding tert-OH is 3. The second-order valence-corrected chi connectivity index (χ2v) is 15.7. The topological polar surface area (TPSA) is 77.8 Å². The highest BCUT2D eigenvalue weighted by Gasteiger charge is 2.75. The quantitative estimate of drug-likeness (QED) is 0.191. The van der Waals surface area contributed by atoms with Crippen LogP contribution in [0.5, 0.6) is 0 Å². The molecule has 2 aliphatic rings. The van der Waals surface area contributed by atoms with Crippen molar-refractivity contribution < 1.29 is 20.1 Å². The van der Waals surface area contributed by atoms with Crippen LogP contribution < -0.4 is 0 Å². The van der Waals surface area contributed by atoms with Crippen LogP contribution in [0.1, 0.15) is 140 Å². The van der Waals surface area contributed by atoms with Crippen LogP contribution in [0, 0.1) is 51.8 Å². The first-order valence-electron chi connectivity index (χ1n) is 16.3. The molecule has 0 radical (unpaired) electrons. The van der Waals surface area contributed by atoms with Crippen LogP contribution in [-0.4, -0.2) is 33.3 Å². The third kappa shape index (κ3) is 6.47. The molecule has 0 saturated heterocycles. The Balaban J connectivity index is 2.92. The van der Waals surface area contributed by atoms with Crippen molar-refractivity contribution in [3.8, 4) is 0 Å². The van der Waals surface area contributed by atoms with E-state index >= 15 is 0 Å². The van der Waals surface area contributed by atoms with Gasteiger partial charge in [-0.1, -0.05) is 95.4 Å². The Kier molecular flexibility index (Phi) is 11.8. The average Bonchev–Trinajstić information content (AvgIpc) is 2.81. The SMILES string of the molecule is CC(C)CCC[C@]1(C)[C@@H](CCC(C)C)C[C@]2(CCC(C)C)C(O)=C(CCC(C)C)C(=O)[C@@]1(C(O)C(C)C)C2O. The molecule has 2 rings (SSSR count). The van der Waals surface area contributed by atoms with Gasteiger partial charge in [0.15, 0.2) is 5.78 Å². The lowest BCUT2D eigenvalue weighted by atomic mass is 9.36. The zero-order valence-electron chi connectivity index (χ0n) is 27.4. The minimum atomic E-state index is -1.33. The maximum Gasteiger partial charge on any atom is 0.174 e. The maximum atomic E-state index is 15.0. The molecule has 3 N–H and O–H groups in total. The van der Waals surface area contributed by atoms with Gasteiger partial charge in [0, 0.05) is 5.57 Å². The van der Waals surface area contributed by atoms with E-state index in [-0.39, 0.29) is 23.4 Å². The lowest BCUT2D eigenvalue weighted by molar-refractivity contribution is -0.248. The van der Waals surface area contributed by atoms with Gasteiger partial charge >= 0.3 is 0 Å². The lowest BCUT2D eigenvalue weighted by Gasteiger charge is -2.67. The van der Waals surface area contributed by atoms with Gasteiger partial charge in [-0.2, -0.15) is 0 Å². The smallest absolute Gasteiger partial charge is 0.174 e. The van der Waals surface area contributed by atoms with Gasteiger partial charge in [-0.15, -0.1) is 0 Å². The highest BCUT2D eigenvalue weighted by molar-refractivity contribution is 6.03. The number of ketones is 1. The predicted molar refractivity (Wildman–Crippen MR) is 163 cm³/mol. The van der Waals surface area contributed by atoms with E-state index in [0.717, 1.165) is 44.9 Å². The van der Waals surface area contributed by atoms with Gasteiger partial charge in [-0.3, -0.25) is 4.79 Å². The molecule has 39 heavy (non-hydrogen) atoms. The number of rotatable bonds is 15. The summed E-state index contributed by atoms with van der Waals surface area (Å²) in [5.41, 5.74) is -2.29. The number of fused-ring (bicyclic) bond motifs is 2. The van der Waals surface area contributed by atoms with E-state index in [1.165, 1.54) is 0 Å². The van der Waals surface area contributed by atoms with E-state index in [4.69, 9.17) is 0 Å². The zero-order valence-corrected chi connectivity index (χ0v) is 27.4. The Morgan fingerprint density at radius 1 is 0.821 bits per heavy atom. The van der Waals surface area contributed by atoms with Gasteiger partial charge in [-0.25, -0.2) is 0 Å². The van der Waals surface area contributed by atoms with Crippen molar-refractivity contribution in [1.82, 2.24) is 0 Å². The number of carbonyl (C=O) groups is 1. The molecule has 2 bridgehead atoms. The van der Waals surface area contributed by atoms with Gasteiger partial charge in [0.25, 0.3) is 0 Å². The van der Waals surface area contributed by atoms with Crippen molar-refractivity contribution in [2.24, 2.45) is 51.8 Å². The number of allylic oxidation sites excluding steroid dienone is 1. The molecule has 0 spiro atoms. The monoisotopic (exact) mass is 548 g/mol. The van der Waals surface area contributed by atoms with Crippen LogP contribution in [0.15, 0.2) is 11.3 Å². The molecule has 1 fully saturated rings. The Morgan fingerprint density at radius 3 is 1.85 bits per heavy atom. The molecule has 0 heterocycles. The Bertz CT molecular complexity index is 840. The minimum Gasteiger partial charge on any atom is -0.511 e. The van der Waals surface area contributed by atoms with Crippen molar-refractivity contribution in [3.05, 3.63) is 11.3 Å². The van der Waals surface area contributed by atoms with E-state index in [9.17, 15) is 20.1 Å². The van der Waals surface area contributed by atoms with Crippen LogP contribution in [0.25, 0.3) is 0 Å². The van der Waals surface area contributed by atoms with Crippen LogP contribution in [-0.2, 0) is 4.79 Å². The fourth-order valence-electron chi connectivity index (χ4n) is 8.10. The molecule has 0 aromatic carbocycles. The van der Waals surface area contributed by atoms with Gasteiger partial charge in [0.05, 0.1) is 23.0 Å². The molecule has 2 aliphatic carbocycles. The summed E-state index contributed by atoms with van der Waals surface area (Å²) < 4.78 is 0. The van der Waals surface area contributed by atoms with E-state index in [1.54, 1.807) is 0 Å². The van der Waals surface area contributed by atoms with Gasteiger partial charge in [0.1, 0.15) is 5.76 Å². The van der Waals surface area contributed by atoms with Crippen molar-refractivity contribution in [2.75, 3.05) is 0 Å². The summed E-state index contributed by atoms with van der Waals surface area (Å²) in [6.07, 6.45) is 6.22. The first-order chi connectivity index (χ1) is 18.0. The van der Waals surface area contributed by atoms with Crippen LogP contribution in [0.2, 0.25) is 0 Å². The van der Waals surface area contributed by atoms with E-state index in [2.05, 4.69) is 62.3 Å². The largest absolute Gasteiger partial charge is 0.511 e. The summed E-state index contributed by atoms with van der Waals surface area (Å²) in [5, 5.41) is 36.9. The molecule has 0 aliphatic heterocycles. The van der Waals surface area contributed by atoms with Crippen molar-refractivity contribution in [1.29, 1.82) is 0 Å². The van der Waals surface area contributed by atoms with Crippen LogP contribution in [0.4, 0.5) is 0 Å². The molecule has 228 valence electrons. The van der Waals surface area contributed by atoms with Crippen LogP contribution >= 0.6 is 0 Å². The molecule has 0 aromatic rings. The minimum absolute atomic E-state index is 0.133. The summed E-state index contributed by atoms with van der Waals surface area (Å²) in [6, 6.07) is 0. The molecular formula is C35H64O4. The van der Waals surface area contributed by atoms with Crippen molar-refractivity contribution >= 4 is 5.78 Å². The molecule has 0 amide bonds. The maximum absolute atomic E-state index is 15.0. The summed E-state index contributed by atoms with van der Waals surface area (Å²) in [4.78, 5) is 15.0. The number of carbonyl (C=O) groups excluding carboxylic acids is 1. The summed E-state index contributed by atoms with van der Waals surface area (Å²) in [7, 11) is 0. The van der Waals surface area contributed by atoms with Crippen LogP contribution in [0.3, 0.4) is 0 Å². The number of hydrogen-bond acceptors (Lipinski definition) is 4. The first-order valence-corrected chi connectivity index (χ1v) is 16.3. The molecule has 4 heteroatoms. The summed E-state index contributed by atoms with van der Waals surface area (Å²) >= 11 is 0.